The molecule has 3 rings (SSSR count). The normalized spacial score (nSPS) is 9.87. The molecule has 3 aromatic rings. The first-order valence-electron chi connectivity index (χ1n) is 6.77. The highest BCUT2D eigenvalue weighted by molar-refractivity contribution is 7.80. The number of imidazole rings is 1. The Kier molecular flexibility index (Phi) is 5.93. The molecule has 0 saturated heterocycles. The number of halogens is 1. The average molecular weight is 334 g/mol. The molecule has 0 aliphatic heterocycles. The lowest BCUT2D eigenvalue weighted by Crippen LogP contribution is -2.14. The Hall–Kier alpha value is -2.61. The predicted molar refractivity (Wildman–Crippen MR) is 88.2 cm³/mol. The second kappa shape index (κ2) is 8.14. The molecule has 120 valence electrons. The van der Waals surface area contributed by atoms with Crippen LogP contribution in [0, 0.1) is 5.82 Å². The molecule has 0 aliphatic carbocycles. The second-order valence-corrected chi connectivity index (χ2v) is 4.80. The van der Waals surface area contributed by atoms with Crippen LogP contribution in [0.1, 0.15) is 6.92 Å². The molecule has 0 bridgehead atoms. The van der Waals surface area contributed by atoms with Gasteiger partial charge in [-0.05, 0) is 25.1 Å². The monoisotopic (exact) mass is 334 g/mol. The number of carbonyl (C=O) groups is 1. The number of nitrogens with one attached hydrogen (secondary N) is 2. The minimum atomic E-state index is -0.548. The van der Waals surface area contributed by atoms with E-state index in [1.165, 1.54) is 12.1 Å². The molecule has 0 aliphatic rings. The summed E-state index contributed by atoms with van der Waals surface area (Å²) in [5.74, 6) is 0.127. The van der Waals surface area contributed by atoms with Crippen LogP contribution in [-0.4, -0.2) is 27.7 Å². The van der Waals surface area contributed by atoms with Crippen LogP contribution in [0.5, 0.6) is 0 Å². The van der Waals surface area contributed by atoms with Crippen LogP contribution in [0.4, 0.5) is 15.1 Å². The number of H-pyrrole nitrogens is 1. The fourth-order valence-electron chi connectivity index (χ4n) is 1.62. The molecule has 0 fully saturated rings. The van der Waals surface area contributed by atoms with Crippen molar-refractivity contribution in [3.05, 3.63) is 48.4 Å². The molecule has 0 unspecified atom stereocenters. The predicted octanol–water partition coefficient (Wildman–Crippen LogP) is 3.64. The lowest BCUT2D eigenvalue weighted by molar-refractivity contribution is 0.167. The Bertz CT molecular complexity index is 780. The van der Waals surface area contributed by atoms with Gasteiger partial charge >= 0.3 is 6.09 Å². The van der Waals surface area contributed by atoms with Gasteiger partial charge in [0.2, 0.25) is 5.95 Å². The van der Waals surface area contributed by atoms with Gasteiger partial charge < -0.3 is 9.72 Å². The van der Waals surface area contributed by atoms with E-state index in [-0.39, 0.29) is 5.82 Å². The summed E-state index contributed by atoms with van der Waals surface area (Å²) in [5.41, 5.74) is 1.23. The molecular weight excluding hydrogens is 319 g/mol. The maximum Gasteiger partial charge on any atom is 0.413 e. The SMILES string of the molecule is CCOC(=O)Nc1nc2cc(S)cnc2[nH]1.Fc1ccccc1. The molecule has 1 amide bonds. The summed E-state index contributed by atoms with van der Waals surface area (Å²) in [6, 6.07) is 9.69. The third-order valence-corrected chi connectivity index (χ3v) is 2.80. The smallest absolute Gasteiger partial charge is 0.413 e. The van der Waals surface area contributed by atoms with E-state index in [0.717, 1.165) is 0 Å². The van der Waals surface area contributed by atoms with Crippen molar-refractivity contribution in [2.45, 2.75) is 11.8 Å². The van der Waals surface area contributed by atoms with Crippen LogP contribution < -0.4 is 5.32 Å². The summed E-state index contributed by atoms with van der Waals surface area (Å²) < 4.78 is 16.6. The van der Waals surface area contributed by atoms with Crippen molar-refractivity contribution in [3.8, 4) is 0 Å². The lowest BCUT2D eigenvalue weighted by atomic mass is 10.4. The third-order valence-electron chi connectivity index (χ3n) is 2.55. The van der Waals surface area contributed by atoms with Gasteiger partial charge in [0.25, 0.3) is 0 Å². The van der Waals surface area contributed by atoms with Crippen LogP contribution >= 0.6 is 12.6 Å². The van der Waals surface area contributed by atoms with Gasteiger partial charge in [-0.25, -0.2) is 19.2 Å². The van der Waals surface area contributed by atoms with Gasteiger partial charge in [-0.15, -0.1) is 12.6 Å². The highest BCUT2D eigenvalue weighted by Gasteiger charge is 2.07. The van der Waals surface area contributed by atoms with Gasteiger partial charge in [-0.2, -0.15) is 0 Å². The fraction of sp³-hybridized carbons (Fsp3) is 0.133. The number of benzene rings is 1. The number of aromatic amines is 1. The molecule has 2 heterocycles. The number of amides is 1. The van der Waals surface area contributed by atoms with Crippen molar-refractivity contribution in [1.82, 2.24) is 15.0 Å². The molecule has 8 heteroatoms. The number of fused-ring (bicyclic) bond motifs is 1. The number of anilines is 1. The number of rotatable bonds is 2. The van der Waals surface area contributed by atoms with Gasteiger partial charge in [0.15, 0.2) is 5.65 Å². The van der Waals surface area contributed by atoms with Crippen LogP contribution in [0.15, 0.2) is 47.5 Å². The first kappa shape index (κ1) is 16.8. The van der Waals surface area contributed by atoms with Crippen LogP contribution in [0.2, 0.25) is 0 Å². The molecule has 6 nitrogen and oxygen atoms in total. The van der Waals surface area contributed by atoms with Gasteiger partial charge in [0.1, 0.15) is 11.3 Å². The fourth-order valence-corrected chi connectivity index (χ4v) is 1.80. The van der Waals surface area contributed by atoms with Crippen molar-refractivity contribution >= 4 is 35.8 Å². The minimum Gasteiger partial charge on any atom is -0.450 e. The average Bonchev–Trinajstić information content (AvgIpc) is 2.90. The van der Waals surface area contributed by atoms with Gasteiger partial charge in [-0.3, -0.25) is 5.32 Å². The number of nitrogens with zero attached hydrogens (tertiary/aromatic N) is 2. The molecular formula is C15H15FN4O2S. The molecule has 0 saturated carbocycles. The number of pyridine rings is 1. The molecule has 23 heavy (non-hydrogen) atoms. The Morgan fingerprint density at radius 2 is 2.13 bits per heavy atom. The second-order valence-electron chi connectivity index (χ2n) is 4.29. The highest BCUT2D eigenvalue weighted by Crippen LogP contribution is 2.15. The van der Waals surface area contributed by atoms with E-state index in [0.29, 0.717) is 28.6 Å². The standard InChI is InChI=1S/C9H10N4O2S.C6H5F/c1-2-15-9(14)13-8-11-6-3-5(16)4-10-7(6)12-8;7-6-4-2-1-3-5-6/h3-4,16H,2H2,1H3,(H2,10,11,12,13,14);1-5H. The molecule has 0 atom stereocenters. The van der Waals surface area contributed by atoms with E-state index in [4.69, 9.17) is 4.74 Å². The summed E-state index contributed by atoms with van der Waals surface area (Å²) in [4.78, 5) is 22.9. The Morgan fingerprint density at radius 1 is 1.39 bits per heavy atom. The third kappa shape index (κ3) is 5.26. The Balaban J connectivity index is 0.000000229. The van der Waals surface area contributed by atoms with Gasteiger partial charge in [-0.1, -0.05) is 18.2 Å². The number of carbonyl (C=O) groups excluding carboxylic acids is 1. The van der Waals surface area contributed by atoms with E-state index in [1.807, 2.05) is 0 Å². The lowest BCUT2D eigenvalue weighted by Gasteiger charge is -2.00. The van der Waals surface area contributed by atoms with Crippen molar-refractivity contribution in [2.24, 2.45) is 0 Å². The van der Waals surface area contributed by atoms with Gasteiger partial charge in [0.05, 0.1) is 6.61 Å². The summed E-state index contributed by atoms with van der Waals surface area (Å²) in [7, 11) is 0. The molecule has 2 N–H and O–H groups in total. The highest BCUT2D eigenvalue weighted by atomic mass is 32.1. The van der Waals surface area contributed by atoms with E-state index < -0.39 is 6.09 Å². The molecule has 0 radical (unpaired) electrons. The first-order chi connectivity index (χ1) is 11.1. The number of hydrogen-bond donors (Lipinski definition) is 3. The van der Waals surface area contributed by atoms with Crippen molar-refractivity contribution < 1.29 is 13.9 Å². The largest absolute Gasteiger partial charge is 0.450 e. The summed E-state index contributed by atoms with van der Waals surface area (Å²) in [5, 5.41) is 2.46. The van der Waals surface area contributed by atoms with Crippen LogP contribution in [0.3, 0.4) is 0 Å². The van der Waals surface area contributed by atoms with Crippen molar-refractivity contribution in [2.75, 3.05) is 11.9 Å². The zero-order valence-corrected chi connectivity index (χ0v) is 13.2. The summed E-state index contributed by atoms with van der Waals surface area (Å²) >= 11 is 4.14. The maximum atomic E-state index is 11.9. The van der Waals surface area contributed by atoms with Crippen LogP contribution in [0.25, 0.3) is 11.2 Å². The van der Waals surface area contributed by atoms with E-state index >= 15 is 0 Å². The summed E-state index contributed by atoms with van der Waals surface area (Å²) in [6.07, 6.45) is 1.05. The molecule has 2 aromatic heterocycles. The molecule has 0 spiro atoms. The minimum absolute atomic E-state index is 0.178. The Labute approximate surface area is 137 Å². The zero-order valence-electron chi connectivity index (χ0n) is 12.3. The van der Waals surface area contributed by atoms with Gasteiger partial charge in [0, 0.05) is 11.1 Å². The topological polar surface area (TPSA) is 79.9 Å². The molecule has 1 aromatic carbocycles. The maximum absolute atomic E-state index is 11.9. The number of hydrogen-bond acceptors (Lipinski definition) is 5. The van der Waals surface area contributed by atoms with Crippen molar-refractivity contribution in [3.63, 3.8) is 0 Å². The summed E-state index contributed by atoms with van der Waals surface area (Å²) in [6.45, 7) is 2.04. The first-order valence-corrected chi connectivity index (χ1v) is 7.22. The van der Waals surface area contributed by atoms with Crippen molar-refractivity contribution in [1.29, 1.82) is 0 Å². The quantitative estimate of drug-likeness (QED) is 0.625. The number of thiol groups is 1. The van der Waals surface area contributed by atoms with E-state index in [2.05, 4.69) is 32.9 Å². The van der Waals surface area contributed by atoms with E-state index in [1.54, 1.807) is 37.4 Å². The Morgan fingerprint density at radius 3 is 2.74 bits per heavy atom. The zero-order chi connectivity index (χ0) is 16.7. The number of aromatic nitrogens is 3. The van der Waals surface area contributed by atoms with Crippen LogP contribution in [-0.2, 0) is 4.74 Å². The number of ether oxygens (including phenoxy) is 1. The van der Waals surface area contributed by atoms with E-state index in [9.17, 15) is 9.18 Å².